The lowest BCUT2D eigenvalue weighted by atomic mass is 10.0. The minimum Gasteiger partial charge on any atom is -0.472 e. The van der Waals surface area contributed by atoms with Crippen LogP contribution >= 0.6 is 23.2 Å². The first kappa shape index (κ1) is 14.4. The molecular formula is C15H17Cl2NO. The van der Waals surface area contributed by atoms with E-state index >= 15 is 0 Å². The Morgan fingerprint density at radius 1 is 1.26 bits per heavy atom. The lowest BCUT2D eigenvalue weighted by molar-refractivity contribution is 0.520. The summed E-state index contributed by atoms with van der Waals surface area (Å²) < 4.78 is 5.12. The zero-order valence-corrected chi connectivity index (χ0v) is 12.3. The Bertz CT molecular complexity index is 511. The predicted molar refractivity (Wildman–Crippen MR) is 79.9 cm³/mol. The fraction of sp³-hybridized carbons (Fsp3) is 0.333. The molecule has 2 aromatic rings. The maximum Gasteiger partial charge on any atom is 0.0935 e. The Morgan fingerprint density at radius 3 is 2.74 bits per heavy atom. The van der Waals surface area contributed by atoms with Crippen molar-refractivity contribution in [3.8, 4) is 0 Å². The van der Waals surface area contributed by atoms with Crippen LogP contribution < -0.4 is 5.32 Å². The number of hydrogen-bond acceptors (Lipinski definition) is 2. The molecule has 0 amide bonds. The zero-order chi connectivity index (χ0) is 13.7. The van der Waals surface area contributed by atoms with Crippen molar-refractivity contribution in [2.24, 2.45) is 0 Å². The lowest BCUT2D eigenvalue weighted by Crippen LogP contribution is -2.24. The molecule has 1 atom stereocenters. The molecule has 19 heavy (non-hydrogen) atoms. The molecule has 1 N–H and O–H groups in total. The van der Waals surface area contributed by atoms with E-state index in [0.717, 1.165) is 30.5 Å². The van der Waals surface area contributed by atoms with Crippen molar-refractivity contribution in [1.82, 2.24) is 5.32 Å². The second-order valence-electron chi connectivity index (χ2n) is 4.51. The fourth-order valence-electron chi connectivity index (χ4n) is 2.04. The molecule has 0 spiro atoms. The first-order chi connectivity index (χ1) is 9.20. The monoisotopic (exact) mass is 297 g/mol. The van der Waals surface area contributed by atoms with Crippen molar-refractivity contribution in [3.05, 3.63) is 58.0 Å². The lowest BCUT2D eigenvalue weighted by Gasteiger charge is -2.19. The number of nitrogens with one attached hydrogen (secondary N) is 1. The van der Waals surface area contributed by atoms with Crippen LogP contribution in [0.2, 0.25) is 10.0 Å². The topological polar surface area (TPSA) is 25.2 Å². The van der Waals surface area contributed by atoms with E-state index in [2.05, 4.69) is 12.2 Å². The van der Waals surface area contributed by atoms with Crippen LogP contribution in [0.5, 0.6) is 0 Å². The summed E-state index contributed by atoms with van der Waals surface area (Å²) >= 11 is 12.2. The second-order valence-corrected chi connectivity index (χ2v) is 5.35. The SMILES string of the molecule is CCCNC(Cc1ccoc1)c1ccc(Cl)cc1Cl. The molecular weight excluding hydrogens is 281 g/mol. The van der Waals surface area contributed by atoms with Gasteiger partial charge in [-0.25, -0.2) is 0 Å². The molecule has 102 valence electrons. The van der Waals surface area contributed by atoms with E-state index in [1.807, 2.05) is 18.2 Å². The van der Waals surface area contributed by atoms with Gasteiger partial charge in [-0.1, -0.05) is 36.2 Å². The van der Waals surface area contributed by atoms with E-state index < -0.39 is 0 Å². The summed E-state index contributed by atoms with van der Waals surface area (Å²) in [5.74, 6) is 0. The third-order valence-corrected chi connectivity index (χ3v) is 3.56. The molecule has 0 fully saturated rings. The zero-order valence-electron chi connectivity index (χ0n) is 10.8. The predicted octanol–water partition coefficient (Wildman–Crippen LogP) is 4.87. The smallest absolute Gasteiger partial charge is 0.0935 e. The van der Waals surface area contributed by atoms with Gasteiger partial charge in [0.2, 0.25) is 0 Å². The standard InChI is InChI=1S/C15H17Cl2NO/c1-2-6-18-15(8-11-5-7-19-10-11)13-4-3-12(16)9-14(13)17/h3-5,7,9-10,15,18H,2,6,8H2,1H3. The van der Waals surface area contributed by atoms with E-state index in [1.54, 1.807) is 18.6 Å². The third-order valence-electron chi connectivity index (χ3n) is 3.00. The van der Waals surface area contributed by atoms with E-state index in [1.165, 1.54) is 0 Å². The van der Waals surface area contributed by atoms with Gasteiger partial charge in [-0.3, -0.25) is 0 Å². The van der Waals surface area contributed by atoms with Crippen molar-refractivity contribution in [3.63, 3.8) is 0 Å². The molecule has 0 aliphatic heterocycles. The van der Waals surface area contributed by atoms with Gasteiger partial charge in [-0.2, -0.15) is 0 Å². The molecule has 2 rings (SSSR count). The average Bonchev–Trinajstić information content (AvgIpc) is 2.88. The summed E-state index contributed by atoms with van der Waals surface area (Å²) in [6.07, 6.45) is 5.38. The summed E-state index contributed by atoms with van der Waals surface area (Å²) in [5.41, 5.74) is 2.22. The van der Waals surface area contributed by atoms with Crippen LogP contribution in [0.25, 0.3) is 0 Å². The van der Waals surface area contributed by atoms with Crippen molar-refractivity contribution in [1.29, 1.82) is 0 Å². The molecule has 2 nitrogen and oxygen atoms in total. The van der Waals surface area contributed by atoms with Gasteiger partial charge in [-0.05, 0) is 48.7 Å². The summed E-state index contributed by atoms with van der Waals surface area (Å²) in [4.78, 5) is 0. The molecule has 1 aromatic heterocycles. The van der Waals surface area contributed by atoms with Gasteiger partial charge < -0.3 is 9.73 Å². The highest BCUT2D eigenvalue weighted by atomic mass is 35.5. The Balaban J connectivity index is 2.20. The molecule has 0 aliphatic rings. The van der Waals surface area contributed by atoms with Crippen LogP contribution in [-0.4, -0.2) is 6.54 Å². The van der Waals surface area contributed by atoms with Gasteiger partial charge in [0.25, 0.3) is 0 Å². The largest absolute Gasteiger partial charge is 0.472 e. The van der Waals surface area contributed by atoms with Gasteiger partial charge >= 0.3 is 0 Å². The molecule has 0 radical (unpaired) electrons. The van der Waals surface area contributed by atoms with Crippen molar-refractivity contribution in [2.75, 3.05) is 6.54 Å². The highest BCUT2D eigenvalue weighted by molar-refractivity contribution is 6.35. The van der Waals surface area contributed by atoms with Gasteiger partial charge in [0, 0.05) is 16.1 Å². The third kappa shape index (κ3) is 4.00. The molecule has 0 saturated heterocycles. The Morgan fingerprint density at radius 2 is 2.11 bits per heavy atom. The van der Waals surface area contributed by atoms with Crippen LogP contribution in [0.3, 0.4) is 0 Å². The quantitative estimate of drug-likeness (QED) is 0.823. The summed E-state index contributed by atoms with van der Waals surface area (Å²) in [6.45, 7) is 3.09. The van der Waals surface area contributed by atoms with Gasteiger partial charge in [-0.15, -0.1) is 0 Å². The van der Waals surface area contributed by atoms with E-state index in [4.69, 9.17) is 27.6 Å². The van der Waals surface area contributed by atoms with Crippen LogP contribution in [-0.2, 0) is 6.42 Å². The second kappa shape index (κ2) is 6.99. The molecule has 1 unspecified atom stereocenters. The van der Waals surface area contributed by atoms with E-state index in [9.17, 15) is 0 Å². The average molecular weight is 298 g/mol. The molecule has 0 bridgehead atoms. The fourth-order valence-corrected chi connectivity index (χ4v) is 2.58. The summed E-state index contributed by atoms with van der Waals surface area (Å²) in [5, 5.41) is 4.87. The van der Waals surface area contributed by atoms with E-state index in [-0.39, 0.29) is 6.04 Å². The van der Waals surface area contributed by atoms with Crippen LogP contribution in [0.1, 0.15) is 30.5 Å². The maximum atomic E-state index is 6.30. The minimum absolute atomic E-state index is 0.169. The molecule has 0 saturated carbocycles. The van der Waals surface area contributed by atoms with Gasteiger partial charge in [0.15, 0.2) is 0 Å². The first-order valence-corrected chi connectivity index (χ1v) is 7.15. The number of furan rings is 1. The van der Waals surface area contributed by atoms with E-state index in [0.29, 0.717) is 10.0 Å². The number of rotatable bonds is 6. The number of benzene rings is 1. The Hall–Kier alpha value is -0.960. The van der Waals surface area contributed by atoms with Crippen LogP contribution in [0.15, 0.2) is 41.2 Å². The number of halogens is 2. The Labute approximate surface area is 123 Å². The molecule has 1 aromatic carbocycles. The minimum atomic E-state index is 0.169. The van der Waals surface area contributed by atoms with Crippen molar-refractivity contribution < 1.29 is 4.42 Å². The molecule has 0 aliphatic carbocycles. The van der Waals surface area contributed by atoms with Gasteiger partial charge in [0.05, 0.1) is 12.5 Å². The Kier molecular flexibility index (Phi) is 5.32. The summed E-state index contributed by atoms with van der Waals surface area (Å²) in [6, 6.07) is 7.79. The van der Waals surface area contributed by atoms with Crippen molar-refractivity contribution >= 4 is 23.2 Å². The highest BCUT2D eigenvalue weighted by Gasteiger charge is 2.15. The molecule has 1 heterocycles. The normalized spacial score (nSPS) is 12.6. The van der Waals surface area contributed by atoms with Crippen molar-refractivity contribution in [2.45, 2.75) is 25.8 Å². The maximum absolute atomic E-state index is 6.30. The van der Waals surface area contributed by atoms with Gasteiger partial charge in [0.1, 0.15) is 0 Å². The highest BCUT2D eigenvalue weighted by Crippen LogP contribution is 2.28. The number of hydrogen-bond donors (Lipinski definition) is 1. The molecule has 4 heteroatoms. The first-order valence-electron chi connectivity index (χ1n) is 6.40. The summed E-state index contributed by atoms with van der Waals surface area (Å²) in [7, 11) is 0. The van der Waals surface area contributed by atoms with Crippen LogP contribution in [0.4, 0.5) is 0 Å². The van der Waals surface area contributed by atoms with Crippen LogP contribution in [0, 0.1) is 0 Å².